The van der Waals surface area contributed by atoms with Crippen molar-refractivity contribution >= 4 is 5.97 Å². The van der Waals surface area contributed by atoms with Crippen LogP contribution in [-0.2, 0) is 17.8 Å². The molecular weight excluding hydrogens is 168 g/mol. The predicted octanol–water partition coefficient (Wildman–Crippen LogP) is 1.31. The van der Waals surface area contributed by atoms with Crippen molar-refractivity contribution in [2.45, 2.75) is 32.7 Å². The number of carboxylic acids is 1. The van der Waals surface area contributed by atoms with Crippen molar-refractivity contribution in [2.75, 3.05) is 0 Å². The minimum Gasteiger partial charge on any atom is -0.481 e. The zero-order valence-corrected chi connectivity index (χ0v) is 7.73. The van der Waals surface area contributed by atoms with Gasteiger partial charge in [0.15, 0.2) is 0 Å². The van der Waals surface area contributed by atoms with E-state index in [1.807, 2.05) is 10.9 Å². The molecule has 1 aromatic heterocycles. The molecule has 1 N–H and O–H groups in total. The van der Waals surface area contributed by atoms with Crippen molar-refractivity contribution in [2.24, 2.45) is 0 Å². The van der Waals surface area contributed by atoms with Gasteiger partial charge in [-0.3, -0.25) is 9.48 Å². The van der Waals surface area contributed by atoms with Crippen LogP contribution in [0, 0.1) is 0 Å². The third-order valence-corrected chi connectivity index (χ3v) is 1.77. The molecule has 0 saturated carbocycles. The number of carboxylic acid groups (broad SMARTS) is 1. The first kappa shape index (κ1) is 9.77. The summed E-state index contributed by atoms with van der Waals surface area (Å²) in [4.78, 5) is 10.3. The monoisotopic (exact) mass is 182 g/mol. The van der Waals surface area contributed by atoms with Crippen LogP contribution < -0.4 is 0 Å². The highest BCUT2D eigenvalue weighted by molar-refractivity contribution is 5.67. The molecule has 4 heteroatoms. The molecule has 0 aromatic carbocycles. The Balaban J connectivity index is 2.44. The number of rotatable bonds is 5. The van der Waals surface area contributed by atoms with Crippen molar-refractivity contribution in [3.05, 3.63) is 18.0 Å². The Bertz CT molecular complexity index is 281. The maximum Gasteiger partial charge on any atom is 0.303 e. The van der Waals surface area contributed by atoms with E-state index in [9.17, 15) is 4.79 Å². The third-order valence-electron chi connectivity index (χ3n) is 1.77. The maximum atomic E-state index is 10.3. The highest BCUT2D eigenvalue weighted by Crippen LogP contribution is 2.02. The van der Waals surface area contributed by atoms with E-state index in [1.165, 1.54) is 0 Å². The van der Waals surface area contributed by atoms with Crippen LogP contribution in [0.5, 0.6) is 0 Å². The molecule has 0 aliphatic heterocycles. The first-order valence-electron chi connectivity index (χ1n) is 4.45. The lowest BCUT2D eigenvalue weighted by molar-refractivity contribution is -0.136. The molecule has 0 unspecified atom stereocenters. The fourth-order valence-electron chi connectivity index (χ4n) is 1.14. The molecular formula is C9H14N2O2. The molecule has 0 aliphatic carbocycles. The number of aromatic nitrogens is 2. The van der Waals surface area contributed by atoms with E-state index in [2.05, 4.69) is 12.0 Å². The lowest BCUT2D eigenvalue weighted by Crippen LogP contribution is -1.97. The summed E-state index contributed by atoms with van der Waals surface area (Å²) in [7, 11) is 0. The number of aryl methyl sites for hydroxylation is 2. The van der Waals surface area contributed by atoms with E-state index in [1.54, 1.807) is 6.20 Å². The Morgan fingerprint density at radius 3 is 3.08 bits per heavy atom. The van der Waals surface area contributed by atoms with E-state index >= 15 is 0 Å². The molecule has 4 nitrogen and oxygen atoms in total. The Labute approximate surface area is 77.2 Å². The molecule has 72 valence electrons. The molecule has 0 radical (unpaired) electrons. The van der Waals surface area contributed by atoms with Gasteiger partial charge in [0.2, 0.25) is 0 Å². The highest BCUT2D eigenvalue weighted by Gasteiger charge is 2.01. The second-order valence-corrected chi connectivity index (χ2v) is 3.01. The lowest BCUT2D eigenvalue weighted by Gasteiger charge is -1.94. The summed E-state index contributed by atoms with van der Waals surface area (Å²) in [6, 6.07) is 0. The van der Waals surface area contributed by atoms with Crippen LogP contribution >= 0.6 is 0 Å². The van der Waals surface area contributed by atoms with Crippen LogP contribution in [0.2, 0.25) is 0 Å². The van der Waals surface area contributed by atoms with Crippen LogP contribution in [0.3, 0.4) is 0 Å². The van der Waals surface area contributed by atoms with E-state index < -0.39 is 5.97 Å². The second-order valence-electron chi connectivity index (χ2n) is 3.01. The summed E-state index contributed by atoms with van der Waals surface area (Å²) in [5, 5.41) is 12.6. The first-order valence-corrected chi connectivity index (χ1v) is 4.45. The normalized spacial score (nSPS) is 10.2. The number of hydrogen-bond donors (Lipinski definition) is 1. The summed E-state index contributed by atoms with van der Waals surface area (Å²) in [5.41, 5.74) is 0.996. The molecule has 0 fully saturated rings. The zero-order chi connectivity index (χ0) is 9.68. The van der Waals surface area contributed by atoms with Crippen LogP contribution in [0.4, 0.5) is 0 Å². The molecule has 13 heavy (non-hydrogen) atoms. The van der Waals surface area contributed by atoms with Crippen molar-refractivity contribution in [1.82, 2.24) is 9.78 Å². The van der Waals surface area contributed by atoms with E-state index in [0.717, 1.165) is 18.5 Å². The Hall–Kier alpha value is -1.32. The first-order chi connectivity index (χ1) is 6.22. The molecule has 1 aromatic rings. The van der Waals surface area contributed by atoms with Crippen LogP contribution in [0.25, 0.3) is 0 Å². The number of carbonyl (C=O) groups is 1. The van der Waals surface area contributed by atoms with Gasteiger partial charge in [-0.15, -0.1) is 0 Å². The lowest BCUT2D eigenvalue weighted by atomic mass is 10.2. The summed E-state index contributed by atoms with van der Waals surface area (Å²) in [5.74, 6) is -0.761. The van der Waals surface area contributed by atoms with Crippen molar-refractivity contribution in [3.63, 3.8) is 0 Å². The average Bonchev–Trinajstić information content (AvgIpc) is 2.50. The van der Waals surface area contributed by atoms with Gasteiger partial charge in [-0.2, -0.15) is 5.10 Å². The smallest absolute Gasteiger partial charge is 0.303 e. The van der Waals surface area contributed by atoms with Crippen LogP contribution in [0.1, 0.15) is 25.3 Å². The summed E-state index contributed by atoms with van der Waals surface area (Å²) >= 11 is 0. The second kappa shape index (κ2) is 4.64. The number of nitrogens with zero attached hydrogens (tertiary/aromatic N) is 2. The van der Waals surface area contributed by atoms with Gasteiger partial charge < -0.3 is 5.11 Å². The van der Waals surface area contributed by atoms with Gasteiger partial charge >= 0.3 is 5.97 Å². The molecule has 0 aliphatic rings. The highest BCUT2D eigenvalue weighted by atomic mass is 16.4. The van der Waals surface area contributed by atoms with E-state index in [0.29, 0.717) is 6.42 Å². The van der Waals surface area contributed by atoms with Crippen molar-refractivity contribution < 1.29 is 9.90 Å². The number of aliphatic carboxylic acids is 1. The minimum absolute atomic E-state index is 0.178. The zero-order valence-electron chi connectivity index (χ0n) is 7.73. The van der Waals surface area contributed by atoms with Gasteiger partial charge in [0, 0.05) is 19.2 Å². The van der Waals surface area contributed by atoms with Crippen LogP contribution in [-0.4, -0.2) is 20.9 Å². The molecule has 0 spiro atoms. The Morgan fingerprint density at radius 2 is 2.46 bits per heavy atom. The standard InChI is InChI=1S/C9H14N2O2/c1-2-5-11-7-8(6-10-11)3-4-9(12)13/h6-7H,2-5H2,1H3,(H,12,13). The van der Waals surface area contributed by atoms with Gasteiger partial charge in [0.25, 0.3) is 0 Å². The quantitative estimate of drug-likeness (QED) is 0.747. The van der Waals surface area contributed by atoms with Gasteiger partial charge in [0.05, 0.1) is 6.20 Å². The van der Waals surface area contributed by atoms with Gasteiger partial charge in [-0.05, 0) is 18.4 Å². The predicted molar refractivity (Wildman–Crippen MR) is 48.5 cm³/mol. The molecule has 0 bridgehead atoms. The summed E-state index contributed by atoms with van der Waals surface area (Å²) < 4.78 is 1.84. The minimum atomic E-state index is -0.761. The Morgan fingerprint density at radius 1 is 1.69 bits per heavy atom. The topological polar surface area (TPSA) is 55.1 Å². The van der Waals surface area contributed by atoms with Crippen molar-refractivity contribution in [1.29, 1.82) is 0 Å². The van der Waals surface area contributed by atoms with Crippen molar-refractivity contribution in [3.8, 4) is 0 Å². The summed E-state index contributed by atoms with van der Waals surface area (Å²) in [6.07, 6.45) is 5.43. The maximum absolute atomic E-state index is 10.3. The van der Waals surface area contributed by atoms with E-state index in [-0.39, 0.29) is 6.42 Å². The largest absolute Gasteiger partial charge is 0.481 e. The molecule has 0 saturated heterocycles. The van der Waals surface area contributed by atoms with Gasteiger partial charge in [0.1, 0.15) is 0 Å². The molecule has 1 rings (SSSR count). The SMILES string of the molecule is CCCn1cc(CCC(=O)O)cn1. The summed E-state index contributed by atoms with van der Waals surface area (Å²) in [6.45, 7) is 2.98. The van der Waals surface area contributed by atoms with Gasteiger partial charge in [-0.25, -0.2) is 0 Å². The average molecular weight is 182 g/mol. The van der Waals surface area contributed by atoms with E-state index in [4.69, 9.17) is 5.11 Å². The Kier molecular flexibility index (Phi) is 3.49. The van der Waals surface area contributed by atoms with Crippen LogP contribution in [0.15, 0.2) is 12.4 Å². The number of hydrogen-bond acceptors (Lipinski definition) is 2. The fourth-order valence-corrected chi connectivity index (χ4v) is 1.14. The molecule has 0 atom stereocenters. The third kappa shape index (κ3) is 3.27. The molecule has 1 heterocycles. The fraction of sp³-hybridized carbons (Fsp3) is 0.556. The van der Waals surface area contributed by atoms with Gasteiger partial charge in [-0.1, -0.05) is 6.92 Å². The molecule has 0 amide bonds.